The van der Waals surface area contributed by atoms with Crippen molar-refractivity contribution in [1.82, 2.24) is 0 Å². The Bertz CT molecular complexity index is 361. The Labute approximate surface area is 85.9 Å². The monoisotopic (exact) mass is 269 g/mol. The highest BCUT2D eigenvalue weighted by Gasteiger charge is 2.02. The molecule has 0 N–H and O–H groups in total. The minimum absolute atomic E-state index is 0.694. The lowest BCUT2D eigenvalue weighted by Gasteiger charge is -2.01. The summed E-state index contributed by atoms with van der Waals surface area (Å²) in [6.45, 7) is 5.81. The molecule has 0 fully saturated rings. The molecule has 0 aliphatic carbocycles. The van der Waals surface area contributed by atoms with E-state index in [0.29, 0.717) is 5.56 Å². The van der Waals surface area contributed by atoms with Gasteiger partial charge in [-0.1, -0.05) is 18.2 Å². The van der Waals surface area contributed by atoms with Gasteiger partial charge in [0.05, 0.1) is 11.6 Å². The zero-order valence-electron chi connectivity index (χ0n) is 6.76. The highest BCUT2D eigenvalue weighted by atomic mass is 127. The maximum absolute atomic E-state index is 8.76. The van der Waals surface area contributed by atoms with Crippen molar-refractivity contribution in [3.63, 3.8) is 0 Å². The quantitative estimate of drug-likeness (QED) is 0.718. The van der Waals surface area contributed by atoms with Crippen LogP contribution in [0.2, 0.25) is 0 Å². The van der Waals surface area contributed by atoms with Crippen molar-refractivity contribution in [2.24, 2.45) is 0 Å². The molecule has 0 atom stereocenters. The molecule has 0 saturated carbocycles. The minimum Gasteiger partial charge on any atom is -0.192 e. The Hall–Kier alpha value is -0.820. The summed E-state index contributed by atoms with van der Waals surface area (Å²) >= 11 is 2.13. The van der Waals surface area contributed by atoms with E-state index in [1.807, 2.05) is 25.1 Å². The van der Waals surface area contributed by atoms with Crippen LogP contribution in [0.5, 0.6) is 0 Å². The lowest BCUT2D eigenvalue weighted by atomic mass is 10.1. The molecule has 1 aromatic rings. The molecule has 0 aliphatic heterocycles. The first-order valence-corrected chi connectivity index (χ1v) is 4.58. The topological polar surface area (TPSA) is 23.8 Å². The fraction of sp³-hybridized carbons (Fsp3) is 0.100. The summed E-state index contributed by atoms with van der Waals surface area (Å²) in [7, 11) is 0. The summed E-state index contributed by atoms with van der Waals surface area (Å²) < 4.78 is 0.910. The van der Waals surface area contributed by atoms with Gasteiger partial charge in [0, 0.05) is 9.14 Å². The van der Waals surface area contributed by atoms with E-state index in [1.54, 1.807) is 0 Å². The third kappa shape index (κ3) is 1.86. The summed E-state index contributed by atoms with van der Waals surface area (Å²) in [6, 6.07) is 7.88. The molecule has 1 rings (SSSR count). The number of halogens is 1. The van der Waals surface area contributed by atoms with E-state index in [2.05, 4.69) is 35.2 Å². The van der Waals surface area contributed by atoms with Crippen LogP contribution >= 0.6 is 22.6 Å². The second kappa shape index (κ2) is 3.72. The van der Waals surface area contributed by atoms with Crippen LogP contribution in [-0.4, -0.2) is 0 Å². The molecule has 2 heteroatoms. The molecule has 1 nitrogen and oxygen atoms in total. The Morgan fingerprint density at radius 2 is 2.25 bits per heavy atom. The van der Waals surface area contributed by atoms with Crippen LogP contribution in [0.25, 0.3) is 3.58 Å². The van der Waals surface area contributed by atoms with Crippen molar-refractivity contribution in [3.05, 3.63) is 41.5 Å². The summed E-state index contributed by atoms with van der Waals surface area (Å²) in [5.41, 5.74) is 2.79. The Morgan fingerprint density at radius 1 is 1.58 bits per heavy atom. The first kappa shape index (κ1) is 9.27. The van der Waals surface area contributed by atoms with E-state index in [-0.39, 0.29) is 0 Å². The molecule has 60 valence electrons. The van der Waals surface area contributed by atoms with Crippen LogP contribution in [0.4, 0.5) is 0 Å². The van der Waals surface area contributed by atoms with Gasteiger partial charge < -0.3 is 0 Å². The van der Waals surface area contributed by atoms with Crippen LogP contribution in [0, 0.1) is 18.3 Å². The maximum atomic E-state index is 8.76. The molecular weight excluding hydrogens is 261 g/mol. The second-order valence-corrected chi connectivity index (χ2v) is 3.87. The lowest BCUT2D eigenvalue weighted by Crippen LogP contribution is -1.85. The average molecular weight is 269 g/mol. The van der Waals surface area contributed by atoms with E-state index < -0.39 is 0 Å². The normalized spacial score (nSPS) is 9.08. The van der Waals surface area contributed by atoms with Crippen molar-refractivity contribution < 1.29 is 0 Å². The van der Waals surface area contributed by atoms with E-state index in [0.717, 1.165) is 14.7 Å². The first-order valence-electron chi connectivity index (χ1n) is 3.50. The van der Waals surface area contributed by atoms with Crippen molar-refractivity contribution in [2.75, 3.05) is 0 Å². The SMILES string of the molecule is C=C(I)c1cc(C)ccc1C#N. The molecule has 0 aromatic heterocycles. The second-order valence-electron chi connectivity index (χ2n) is 2.57. The molecule has 0 amide bonds. The van der Waals surface area contributed by atoms with Crippen molar-refractivity contribution >= 4 is 26.2 Å². The van der Waals surface area contributed by atoms with E-state index >= 15 is 0 Å². The van der Waals surface area contributed by atoms with Crippen LogP contribution in [-0.2, 0) is 0 Å². The largest absolute Gasteiger partial charge is 0.192 e. The molecule has 0 bridgehead atoms. The predicted molar refractivity (Wildman–Crippen MR) is 58.9 cm³/mol. The van der Waals surface area contributed by atoms with Gasteiger partial charge in [-0.25, -0.2) is 0 Å². The molecule has 0 unspecified atom stereocenters. The number of rotatable bonds is 1. The standard InChI is InChI=1S/C10H8IN/c1-7-3-4-9(6-12)10(5-7)8(2)11/h3-5H,2H2,1H3. The molecule has 0 spiro atoms. The number of aryl methyl sites for hydroxylation is 1. The van der Waals surface area contributed by atoms with Gasteiger partial charge in [0.15, 0.2) is 0 Å². The summed E-state index contributed by atoms with van der Waals surface area (Å²) in [6.07, 6.45) is 0. The third-order valence-electron chi connectivity index (χ3n) is 1.59. The van der Waals surface area contributed by atoms with Gasteiger partial charge in [-0.15, -0.1) is 0 Å². The van der Waals surface area contributed by atoms with Gasteiger partial charge in [0.2, 0.25) is 0 Å². The number of hydrogen-bond acceptors (Lipinski definition) is 1. The van der Waals surface area contributed by atoms with Crippen molar-refractivity contribution in [2.45, 2.75) is 6.92 Å². The molecule has 12 heavy (non-hydrogen) atoms. The highest BCUT2D eigenvalue weighted by molar-refractivity contribution is 14.1. The number of hydrogen-bond donors (Lipinski definition) is 0. The lowest BCUT2D eigenvalue weighted by molar-refractivity contribution is 1.41. The molecule has 0 aliphatic rings. The van der Waals surface area contributed by atoms with Crippen molar-refractivity contribution in [1.29, 1.82) is 5.26 Å². The van der Waals surface area contributed by atoms with Crippen molar-refractivity contribution in [3.8, 4) is 6.07 Å². The van der Waals surface area contributed by atoms with Crippen LogP contribution in [0.15, 0.2) is 24.8 Å². The molecule has 0 saturated heterocycles. The smallest absolute Gasteiger partial charge is 0.0998 e. The Morgan fingerprint density at radius 3 is 2.75 bits per heavy atom. The zero-order valence-corrected chi connectivity index (χ0v) is 8.92. The van der Waals surface area contributed by atoms with E-state index in [9.17, 15) is 0 Å². The van der Waals surface area contributed by atoms with Crippen LogP contribution in [0.1, 0.15) is 16.7 Å². The molecular formula is C10H8IN. The van der Waals surface area contributed by atoms with E-state index in [4.69, 9.17) is 5.26 Å². The molecule has 0 heterocycles. The number of nitrogens with zero attached hydrogens (tertiary/aromatic N) is 1. The fourth-order valence-electron chi connectivity index (χ4n) is 0.980. The Balaban J connectivity index is 3.34. The minimum atomic E-state index is 0.694. The highest BCUT2D eigenvalue weighted by Crippen LogP contribution is 2.23. The number of benzene rings is 1. The average Bonchev–Trinajstić information content (AvgIpc) is 2.04. The van der Waals surface area contributed by atoms with Crippen LogP contribution in [0.3, 0.4) is 0 Å². The first-order chi connectivity index (χ1) is 5.65. The number of nitriles is 1. The third-order valence-corrected chi connectivity index (χ3v) is 2.17. The van der Waals surface area contributed by atoms with Gasteiger partial charge >= 0.3 is 0 Å². The van der Waals surface area contributed by atoms with Gasteiger partial charge in [-0.05, 0) is 41.6 Å². The molecule has 0 radical (unpaired) electrons. The van der Waals surface area contributed by atoms with Gasteiger partial charge in [-0.2, -0.15) is 5.26 Å². The Kier molecular flexibility index (Phi) is 2.88. The zero-order chi connectivity index (χ0) is 9.14. The summed E-state index contributed by atoms with van der Waals surface area (Å²) in [5, 5.41) is 8.76. The van der Waals surface area contributed by atoms with Gasteiger partial charge in [0.1, 0.15) is 0 Å². The summed E-state index contributed by atoms with van der Waals surface area (Å²) in [5.74, 6) is 0. The maximum Gasteiger partial charge on any atom is 0.0998 e. The van der Waals surface area contributed by atoms with Gasteiger partial charge in [0.25, 0.3) is 0 Å². The summed E-state index contributed by atoms with van der Waals surface area (Å²) in [4.78, 5) is 0. The van der Waals surface area contributed by atoms with Gasteiger partial charge in [-0.3, -0.25) is 0 Å². The van der Waals surface area contributed by atoms with Crippen LogP contribution < -0.4 is 0 Å². The molecule has 1 aromatic carbocycles. The fourth-order valence-corrected chi connectivity index (χ4v) is 1.43. The van der Waals surface area contributed by atoms with E-state index in [1.165, 1.54) is 0 Å². The predicted octanol–water partition coefficient (Wildman–Crippen LogP) is 3.27.